The molecular weight excluding hydrogens is 330 g/mol. The summed E-state index contributed by atoms with van der Waals surface area (Å²) in [6, 6.07) is 9.44. The topological polar surface area (TPSA) is 54.0 Å². The summed E-state index contributed by atoms with van der Waals surface area (Å²) in [7, 11) is 0. The van der Waals surface area contributed by atoms with E-state index in [0.29, 0.717) is 16.7 Å². The number of ketones is 1. The van der Waals surface area contributed by atoms with E-state index in [1.807, 2.05) is 30.3 Å². The number of nitrogens with one attached hydrogen (secondary N) is 2. The zero-order valence-corrected chi connectivity index (χ0v) is 13.8. The second kappa shape index (κ2) is 5.58. The van der Waals surface area contributed by atoms with Gasteiger partial charge in [-0.3, -0.25) is 4.79 Å². The van der Waals surface area contributed by atoms with Gasteiger partial charge in [0.25, 0.3) is 0 Å². The Morgan fingerprint density at radius 3 is 2.96 bits per heavy atom. The molecule has 1 aliphatic heterocycles. The molecule has 4 nitrogen and oxygen atoms in total. The highest BCUT2D eigenvalue weighted by atomic mass is 35.5. The number of fused-ring (bicyclic) bond motifs is 1. The number of aromatic nitrogens is 1. The van der Waals surface area contributed by atoms with Crippen molar-refractivity contribution in [3.63, 3.8) is 0 Å². The number of hydrogen-bond acceptors (Lipinski definition) is 3. The van der Waals surface area contributed by atoms with Crippen LogP contribution in [0.25, 0.3) is 10.9 Å². The number of benzene rings is 1. The fraction of sp³-hybridized carbons (Fsp3) is 0.235. The van der Waals surface area contributed by atoms with Gasteiger partial charge in [0, 0.05) is 28.6 Å². The van der Waals surface area contributed by atoms with Crippen LogP contribution in [0.5, 0.6) is 0 Å². The molecule has 2 aliphatic rings. The Bertz CT molecular complexity index is 877. The summed E-state index contributed by atoms with van der Waals surface area (Å²) >= 11 is 11.7. The average molecular weight is 344 g/mol. The number of carbonyl (C=O) groups excluding carboxylic acids is 1. The molecule has 1 aliphatic carbocycles. The van der Waals surface area contributed by atoms with Crippen molar-refractivity contribution in [2.75, 3.05) is 0 Å². The molecule has 1 aromatic heterocycles. The van der Waals surface area contributed by atoms with Crippen molar-refractivity contribution in [1.29, 1.82) is 0 Å². The first-order valence-electron chi connectivity index (χ1n) is 7.52. The van der Waals surface area contributed by atoms with Gasteiger partial charge in [0.2, 0.25) is 0 Å². The van der Waals surface area contributed by atoms with Crippen molar-refractivity contribution in [1.82, 2.24) is 15.6 Å². The quantitative estimate of drug-likeness (QED) is 0.614. The average Bonchev–Trinajstić information content (AvgIpc) is 2.53. The normalized spacial score (nSPS) is 21.0. The van der Waals surface area contributed by atoms with Crippen LogP contribution in [0.1, 0.15) is 30.9 Å². The summed E-state index contributed by atoms with van der Waals surface area (Å²) < 4.78 is 0. The van der Waals surface area contributed by atoms with Crippen molar-refractivity contribution < 1.29 is 4.79 Å². The van der Waals surface area contributed by atoms with E-state index in [1.165, 1.54) is 0 Å². The van der Waals surface area contributed by atoms with Gasteiger partial charge in [0.05, 0.1) is 11.6 Å². The van der Waals surface area contributed by atoms with Gasteiger partial charge in [0.15, 0.2) is 10.9 Å². The number of rotatable bonds is 1. The number of nitrogens with zero attached hydrogens (tertiary/aromatic N) is 1. The Morgan fingerprint density at radius 2 is 2.09 bits per heavy atom. The lowest BCUT2D eigenvalue weighted by Crippen LogP contribution is -2.46. The third-order valence-electron chi connectivity index (χ3n) is 4.30. The van der Waals surface area contributed by atoms with Crippen molar-refractivity contribution in [3.05, 3.63) is 52.3 Å². The third kappa shape index (κ3) is 2.50. The smallest absolute Gasteiger partial charge is 0.171 e. The lowest BCUT2D eigenvalue weighted by Gasteiger charge is -2.34. The van der Waals surface area contributed by atoms with Gasteiger partial charge >= 0.3 is 0 Å². The van der Waals surface area contributed by atoms with Crippen LogP contribution in [-0.2, 0) is 4.79 Å². The molecule has 0 saturated heterocycles. The highest BCUT2D eigenvalue weighted by Crippen LogP contribution is 2.36. The summed E-state index contributed by atoms with van der Waals surface area (Å²) in [6.45, 7) is 0. The van der Waals surface area contributed by atoms with Crippen molar-refractivity contribution in [2.45, 2.75) is 25.3 Å². The van der Waals surface area contributed by atoms with Crippen molar-refractivity contribution in [2.24, 2.45) is 0 Å². The van der Waals surface area contributed by atoms with Gasteiger partial charge in [0.1, 0.15) is 5.15 Å². The van der Waals surface area contributed by atoms with Gasteiger partial charge in [-0.05, 0) is 37.2 Å². The Balaban J connectivity index is 1.90. The van der Waals surface area contributed by atoms with Gasteiger partial charge in [-0.2, -0.15) is 0 Å². The molecule has 23 heavy (non-hydrogen) atoms. The van der Waals surface area contributed by atoms with Crippen LogP contribution in [0.4, 0.5) is 0 Å². The fourth-order valence-corrected chi connectivity index (χ4v) is 3.75. The van der Waals surface area contributed by atoms with Crippen molar-refractivity contribution in [3.8, 4) is 0 Å². The molecular formula is C17H14ClN3OS. The molecule has 0 saturated carbocycles. The number of thiocarbonyl (C=S) groups is 1. The molecule has 2 heterocycles. The number of hydrogen-bond donors (Lipinski definition) is 2. The van der Waals surface area contributed by atoms with E-state index in [4.69, 9.17) is 23.8 Å². The minimum atomic E-state index is -0.337. The van der Waals surface area contributed by atoms with Crippen LogP contribution in [0.3, 0.4) is 0 Å². The summed E-state index contributed by atoms with van der Waals surface area (Å²) in [5.74, 6) is 0.142. The van der Waals surface area contributed by atoms with Gasteiger partial charge < -0.3 is 10.6 Å². The highest BCUT2D eigenvalue weighted by molar-refractivity contribution is 7.80. The molecule has 1 aromatic carbocycles. The van der Waals surface area contributed by atoms with Gasteiger partial charge in [-0.25, -0.2) is 4.98 Å². The van der Waals surface area contributed by atoms with E-state index >= 15 is 0 Å². The number of allylic oxidation sites excluding steroid dienone is 1. The van der Waals surface area contributed by atoms with Crippen LogP contribution < -0.4 is 10.6 Å². The van der Waals surface area contributed by atoms with E-state index in [2.05, 4.69) is 15.6 Å². The molecule has 0 bridgehead atoms. The summed E-state index contributed by atoms with van der Waals surface area (Å²) in [5, 5.41) is 8.22. The van der Waals surface area contributed by atoms with Crippen LogP contribution in [0.15, 0.2) is 41.6 Å². The van der Waals surface area contributed by atoms with Crippen molar-refractivity contribution >= 4 is 45.6 Å². The molecule has 0 fully saturated rings. The zero-order chi connectivity index (χ0) is 16.0. The zero-order valence-electron chi connectivity index (χ0n) is 12.2. The summed E-state index contributed by atoms with van der Waals surface area (Å²) in [4.78, 5) is 16.9. The largest absolute Gasteiger partial charge is 0.351 e. The maximum absolute atomic E-state index is 12.4. The Morgan fingerprint density at radius 1 is 1.26 bits per heavy atom. The number of Topliss-reactive ketones (excluding diaryl/α,β-unsaturated/α-hetero) is 1. The standard InChI is InChI=1S/C17H14ClN3OS/c18-16-10(8-9-4-1-2-5-11(9)19-16)15-14-12(20-17(23)21-15)6-3-7-13(14)22/h1-2,4-5,8,15H,3,6-7H2,(H2,20,21,23). The molecule has 6 heteroatoms. The van der Waals surface area contributed by atoms with E-state index in [1.54, 1.807) is 0 Å². The third-order valence-corrected chi connectivity index (χ3v) is 4.82. The van der Waals surface area contributed by atoms with Crippen LogP contribution in [-0.4, -0.2) is 15.9 Å². The molecule has 4 rings (SSSR count). The lowest BCUT2D eigenvalue weighted by molar-refractivity contribution is -0.116. The molecule has 2 N–H and O–H groups in total. The number of para-hydroxylation sites is 1. The Kier molecular flexibility index (Phi) is 3.54. The number of pyridine rings is 1. The van der Waals surface area contributed by atoms with Crippen LogP contribution in [0, 0.1) is 0 Å². The minimum Gasteiger partial charge on any atom is -0.351 e. The first-order valence-corrected chi connectivity index (χ1v) is 8.31. The lowest BCUT2D eigenvalue weighted by atomic mass is 9.85. The predicted octanol–water partition coefficient (Wildman–Crippen LogP) is 3.41. The molecule has 1 atom stereocenters. The maximum atomic E-state index is 12.4. The summed E-state index contributed by atoms with van der Waals surface area (Å²) in [5.41, 5.74) is 3.28. The van der Waals surface area contributed by atoms with E-state index in [-0.39, 0.29) is 11.8 Å². The SMILES string of the molecule is O=C1CCCC2=C1C(c1cc3ccccc3nc1Cl)NC(=S)N2. The molecule has 1 unspecified atom stereocenters. The van der Waals surface area contributed by atoms with Gasteiger partial charge in [-0.15, -0.1) is 0 Å². The monoisotopic (exact) mass is 343 g/mol. The molecule has 2 aromatic rings. The molecule has 0 spiro atoms. The molecule has 0 radical (unpaired) electrons. The first kappa shape index (κ1) is 14.6. The van der Waals surface area contributed by atoms with E-state index in [9.17, 15) is 4.79 Å². The second-order valence-corrected chi connectivity index (χ2v) is 6.53. The summed E-state index contributed by atoms with van der Waals surface area (Å²) in [6.07, 6.45) is 2.24. The highest BCUT2D eigenvalue weighted by Gasteiger charge is 2.34. The number of carbonyl (C=O) groups is 1. The minimum absolute atomic E-state index is 0.142. The first-order chi connectivity index (χ1) is 11.1. The Hall–Kier alpha value is -1.98. The number of halogens is 1. The van der Waals surface area contributed by atoms with Gasteiger partial charge in [-0.1, -0.05) is 29.8 Å². The van der Waals surface area contributed by atoms with Crippen LogP contribution in [0.2, 0.25) is 5.15 Å². The van der Waals surface area contributed by atoms with E-state index < -0.39 is 0 Å². The molecule has 116 valence electrons. The predicted molar refractivity (Wildman–Crippen MR) is 94.2 cm³/mol. The van der Waals surface area contributed by atoms with E-state index in [0.717, 1.165) is 40.6 Å². The molecule has 0 amide bonds. The van der Waals surface area contributed by atoms with Crippen LogP contribution >= 0.6 is 23.8 Å². The fourth-order valence-electron chi connectivity index (χ4n) is 3.25. The second-order valence-electron chi connectivity index (χ2n) is 5.76. The Labute approximate surface area is 143 Å². The maximum Gasteiger partial charge on any atom is 0.171 e.